The maximum atomic E-state index is 8.74. The second-order valence-corrected chi connectivity index (χ2v) is 1.34. The SMILES string of the molecule is O=S(=O)(O)O.P.[H-].[K+]. The molecule has 0 rings (SSSR count). The fraction of sp³-hybridized carbons (Fsp3) is 0. The molecular weight excluding hydrogens is 166 g/mol. The fourth-order valence-electron chi connectivity index (χ4n) is 0. The van der Waals surface area contributed by atoms with Gasteiger partial charge >= 0.3 is 61.8 Å². The molecule has 0 saturated heterocycles. The van der Waals surface area contributed by atoms with E-state index in [9.17, 15) is 0 Å². The number of rotatable bonds is 0. The molecule has 0 saturated carbocycles. The van der Waals surface area contributed by atoms with Crippen LogP contribution in [-0.4, -0.2) is 17.5 Å². The normalized spacial score (nSPS) is 8.29. The van der Waals surface area contributed by atoms with Crippen molar-refractivity contribution in [3.8, 4) is 0 Å². The summed E-state index contributed by atoms with van der Waals surface area (Å²) in [5.41, 5.74) is 0. The van der Waals surface area contributed by atoms with Crippen LogP contribution >= 0.6 is 9.90 Å². The first-order chi connectivity index (χ1) is 2.00. The zero-order valence-corrected chi connectivity index (χ0v) is 9.18. The molecule has 0 heterocycles. The van der Waals surface area contributed by atoms with Crippen molar-refractivity contribution in [2.24, 2.45) is 0 Å². The Morgan fingerprint density at radius 2 is 1.29 bits per heavy atom. The van der Waals surface area contributed by atoms with Crippen LogP contribution in [0.1, 0.15) is 1.43 Å². The minimum atomic E-state index is -4.67. The van der Waals surface area contributed by atoms with Gasteiger partial charge in [0.2, 0.25) is 0 Å². The van der Waals surface area contributed by atoms with Gasteiger partial charge in [-0.25, -0.2) is 0 Å². The van der Waals surface area contributed by atoms with E-state index in [1.807, 2.05) is 0 Å². The van der Waals surface area contributed by atoms with Gasteiger partial charge in [-0.15, -0.1) is 0 Å². The van der Waals surface area contributed by atoms with E-state index in [0.717, 1.165) is 0 Å². The van der Waals surface area contributed by atoms with Crippen molar-refractivity contribution in [1.29, 1.82) is 0 Å². The Morgan fingerprint density at radius 3 is 1.29 bits per heavy atom. The van der Waals surface area contributed by atoms with E-state index in [2.05, 4.69) is 0 Å². The van der Waals surface area contributed by atoms with Crippen molar-refractivity contribution in [3.63, 3.8) is 0 Å². The third kappa shape index (κ3) is 74.6. The van der Waals surface area contributed by atoms with Gasteiger partial charge in [-0.3, -0.25) is 9.11 Å². The van der Waals surface area contributed by atoms with E-state index < -0.39 is 10.4 Å². The van der Waals surface area contributed by atoms with Gasteiger partial charge in [0.05, 0.1) is 0 Å². The van der Waals surface area contributed by atoms with Crippen molar-refractivity contribution in [1.82, 2.24) is 0 Å². The molecule has 4 nitrogen and oxygen atoms in total. The minimum absolute atomic E-state index is 0. The van der Waals surface area contributed by atoms with Crippen LogP contribution in [0.5, 0.6) is 0 Å². The minimum Gasteiger partial charge on any atom is -1.00 e. The van der Waals surface area contributed by atoms with Crippen LogP contribution in [0, 0.1) is 0 Å². The quantitative estimate of drug-likeness (QED) is 0.226. The molecule has 1 unspecified atom stereocenters. The third-order valence-electron chi connectivity index (χ3n) is 0. The Bertz CT molecular complexity index is 99.2. The largest absolute Gasteiger partial charge is 1.00 e. The van der Waals surface area contributed by atoms with Gasteiger partial charge in [0, 0.05) is 0 Å². The molecule has 0 aromatic heterocycles. The molecule has 2 N–H and O–H groups in total. The van der Waals surface area contributed by atoms with E-state index in [0.29, 0.717) is 0 Å². The molecule has 42 valence electrons. The summed E-state index contributed by atoms with van der Waals surface area (Å²) in [6.07, 6.45) is 0. The van der Waals surface area contributed by atoms with Gasteiger partial charge < -0.3 is 1.43 Å². The summed E-state index contributed by atoms with van der Waals surface area (Å²) in [5.74, 6) is 0. The summed E-state index contributed by atoms with van der Waals surface area (Å²) in [7, 11) is -4.67. The summed E-state index contributed by atoms with van der Waals surface area (Å²) >= 11 is 0. The summed E-state index contributed by atoms with van der Waals surface area (Å²) in [6, 6.07) is 0. The summed E-state index contributed by atoms with van der Waals surface area (Å²) in [4.78, 5) is 0. The average molecular weight is 172 g/mol. The van der Waals surface area contributed by atoms with Crippen molar-refractivity contribution < 1.29 is 70.3 Å². The van der Waals surface area contributed by atoms with Crippen LogP contribution in [-0.2, 0) is 10.4 Å². The molecule has 1 atom stereocenters. The standard InChI is InChI=1S/K.H2O4S.H3P.H/c;1-5(2,3)4;;/h;(H2,1,2,3,4);1H3;/q+1;;;-1. The first kappa shape index (κ1) is 16.0. The monoisotopic (exact) mass is 172 g/mol. The van der Waals surface area contributed by atoms with Crippen molar-refractivity contribution in [2.45, 2.75) is 0 Å². The van der Waals surface area contributed by atoms with Crippen LogP contribution in [0.4, 0.5) is 0 Å². The topological polar surface area (TPSA) is 74.6 Å². The molecule has 0 fully saturated rings. The molecular formula is H6KO4PS. The first-order valence-electron chi connectivity index (χ1n) is 0.698. The molecule has 0 aliphatic rings. The fourth-order valence-corrected chi connectivity index (χ4v) is 0. The molecule has 0 bridgehead atoms. The first-order valence-corrected chi connectivity index (χ1v) is 2.10. The predicted molar refractivity (Wildman–Crippen MR) is 26.4 cm³/mol. The van der Waals surface area contributed by atoms with Crippen molar-refractivity contribution in [3.05, 3.63) is 0 Å². The Morgan fingerprint density at radius 1 is 1.29 bits per heavy atom. The maximum Gasteiger partial charge on any atom is 1.00 e. The van der Waals surface area contributed by atoms with Gasteiger partial charge in [-0.1, -0.05) is 0 Å². The summed E-state index contributed by atoms with van der Waals surface area (Å²) in [5, 5.41) is 0. The molecule has 0 aliphatic carbocycles. The smallest absolute Gasteiger partial charge is 1.00 e. The second-order valence-electron chi connectivity index (χ2n) is 0.448. The molecule has 0 spiro atoms. The molecule has 0 aromatic carbocycles. The van der Waals surface area contributed by atoms with Crippen molar-refractivity contribution in [2.75, 3.05) is 0 Å². The van der Waals surface area contributed by atoms with E-state index in [4.69, 9.17) is 17.5 Å². The van der Waals surface area contributed by atoms with E-state index in [-0.39, 0.29) is 62.7 Å². The van der Waals surface area contributed by atoms with Gasteiger partial charge in [-0.2, -0.15) is 18.3 Å². The summed E-state index contributed by atoms with van der Waals surface area (Å²) < 4.78 is 31.6. The third-order valence-corrected chi connectivity index (χ3v) is 0. The molecule has 0 radical (unpaired) electrons. The van der Waals surface area contributed by atoms with Crippen molar-refractivity contribution >= 4 is 20.3 Å². The van der Waals surface area contributed by atoms with E-state index in [1.165, 1.54) is 0 Å². The van der Waals surface area contributed by atoms with E-state index in [1.54, 1.807) is 0 Å². The van der Waals surface area contributed by atoms with Gasteiger partial charge in [0.1, 0.15) is 0 Å². The van der Waals surface area contributed by atoms with Crippen LogP contribution in [0.15, 0.2) is 0 Å². The Labute approximate surface area is 89.2 Å². The van der Waals surface area contributed by atoms with Crippen LogP contribution < -0.4 is 51.4 Å². The molecule has 0 amide bonds. The van der Waals surface area contributed by atoms with E-state index >= 15 is 0 Å². The van der Waals surface area contributed by atoms with Crippen LogP contribution in [0.2, 0.25) is 0 Å². The Balaban J connectivity index is -0.0000000267. The number of hydrogen-bond acceptors (Lipinski definition) is 2. The Hall–Kier alpha value is 1.94. The Kier molecular flexibility index (Phi) is 13.8. The zero-order valence-electron chi connectivity index (χ0n) is 4.83. The van der Waals surface area contributed by atoms with Crippen LogP contribution in [0.25, 0.3) is 0 Å². The molecule has 7 heavy (non-hydrogen) atoms. The molecule has 7 heteroatoms. The predicted octanol–water partition coefficient (Wildman–Crippen LogP) is -3.48. The van der Waals surface area contributed by atoms with Crippen LogP contribution in [0.3, 0.4) is 0 Å². The molecule has 0 aliphatic heterocycles. The van der Waals surface area contributed by atoms with Gasteiger partial charge in [0.15, 0.2) is 0 Å². The van der Waals surface area contributed by atoms with Gasteiger partial charge in [0.25, 0.3) is 0 Å². The summed E-state index contributed by atoms with van der Waals surface area (Å²) in [6.45, 7) is 0. The number of hydrogen-bond donors (Lipinski definition) is 2. The second kappa shape index (κ2) is 6.06. The zero-order chi connectivity index (χ0) is 4.50. The van der Waals surface area contributed by atoms with Gasteiger partial charge in [-0.05, 0) is 0 Å². The average Bonchev–Trinajstić information content (AvgIpc) is 0.722. The maximum absolute atomic E-state index is 8.74. The molecule has 0 aromatic rings.